The van der Waals surface area contributed by atoms with Gasteiger partial charge in [0.15, 0.2) is 0 Å². The zero-order chi connectivity index (χ0) is 12.8. The van der Waals surface area contributed by atoms with E-state index in [1.165, 1.54) is 11.3 Å². The molecule has 0 aliphatic carbocycles. The summed E-state index contributed by atoms with van der Waals surface area (Å²) >= 11 is 1.41. The molecule has 1 N–H and O–H groups in total. The molecular formula is C13H14N2O2S. The van der Waals surface area contributed by atoms with Gasteiger partial charge in [-0.2, -0.15) is 0 Å². The second-order valence-electron chi connectivity index (χ2n) is 3.73. The van der Waals surface area contributed by atoms with Crippen LogP contribution in [0.5, 0.6) is 5.75 Å². The molecule has 0 fully saturated rings. The van der Waals surface area contributed by atoms with E-state index >= 15 is 0 Å². The summed E-state index contributed by atoms with van der Waals surface area (Å²) in [5.74, 6) is 0.706. The normalized spacial score (nSPS) is 10.1. The first-order valence-electron chi connectivity index (χ1n) is 5.59. The number of amides is 1. The fourth-order valence-corrected chi connectivity index (χ4v) is 2.10. The number of benzene rings is 1. The number of carbonyl (C=O) groups excluding carboxylic acids is 1. The molecule has 0 unspecified atom stereocenters. The largest absolute Gasteiger partial charge is 0.497 e. The van der Waals surface area contributed by atoms with Gasteiger partial charge in [0.25, 0.3) is 5.91 Å². The third-order valence-corrected chi connectivity index (χ3v) is 3.08. The lowest BCUT2D eigenvalue weighted by Gasteiger charge is -2.05. The predicted octanol–water partition coefficient (Wildman–Crippen LogP) is 2.12. The van der Waals surface area contributed by atoms with Crippen LogP contribution in [0.25, 0.3) is 0 Å². The smallest absolute Gasteiger partial charge is 0.270 e. The minimum atomic E-state index is -0.126. The molecule has 0 saturated carbocycles. The highest BCUT2D eigenvalue weighted by Crippen LogP contribution is 2.12. The quantitative estimate of drug-likeness (QED) is 0.898. The number of thiazole rings is 1. The van der Waals surface area contributed by atoms with Crippen LogP contribution in [0.4, 0.5) is 0 Å². The molecule has 4 nitrogen and oxygen atoms in total. The Morgan fingerprint density at radius 1 is 1.50 bits per heavy atom. The van der Waals surface area contributed by atoms with Crippen molar-refractivity contribution in [1.29, 1.82) is 0 Å². The molecule has 94 valence electrons. The van der Waals surface area contributed by atoms with Crippen molar-refractivity contribution in [3.63, 3.8) is 0 Å². The van der Waals surface area contributed by atoms with Gasteiger partial charge >= 0.3 is 0 Å². The summed E-state index contributed by atoms with van der Waals surface area (Å²) in [6, 6.07) is 7.82. The number of nitrogens with zero attached hydrogens (tertiary/aromatic N) is 1. The monoisotopic (exact) mass is 262 g/mol. The molecule has 0 aliphatic heterocycles. The fraction of sp³-hybridized carbons (Fsp3) is 0.231. The summed E-state index contributed by atoms with van der Waals surface area (Å²) in [7, 11) is 1.64. The second kappa shape index (κ2) is 6.16. The predicted molar refractivity (Wildman–Crippen MR) is 71.1 cm³/mol. The Balaban J connectivity index is 1.83. The summed E-state index contributed by atoms with van der Waals surface area (Å²) in [6.07, 6.45) is 0.771. The Bertz CT molecular complexity index is 511. The molecule has 5 heteroatoms. The van der Waals surface area contributed by atoms with Crippen molar-refractivity contribution in [2.45, 2.75) is 6.42 Å². The summed E-state index contributed by atoms with van der Waals surface area (Å²) in [5.41, 5.74) is 3.26. The van der Waals surface area contributed by atoms with Gasteiger partial charge in [-0.05, 0) is 24.1 Å². The van der Waals surface area contributed by atoms with Gasteiger partial charge in [0.05, 0.1) is 12.6 Å². The van der Waals surface area contributed by atoms with Crippen LogP contribution in [0.1, 0.15) is 16.1 Å². The Hall–Kier alpha value is -1.88. The van der Waals surface area contributed by atoms with Gasteiger partial charge in [-0.15, -0.1) is 11.3 Å². The summed E-state index contributed by atoms with van der Waals surface area (Å²) < 4.78 is 5.15. The van der Waals surface area contributed by atoms with E-state index in [0.29, 0.717) is 12.2 Å². The molecule has 0 aliphatic rings. The zero-order valence-corrected chi connectivity index (χ0v) is 10.9. The molecule has 1 heterocycles. The van der Waals surface area contributed by atoms with E-state index in [-0.39, 0.29) is 5.91 Å². The molecule has 1 aromatic heterocycles. The molecule has 0 atom stereocenters. The second-order valence-corrected chi connectivity index (χ2v) is 4.45. The summed E-state index contributed by atoms with van der Waals surface area (Å²) in [5, 5.41) is 4.57. The molecule has 1 aromatic carbocycles. The fourth-order valence-electron chi connectivity index (χ4n) is 1.56. The Labute approximate surface area is 110 Å². The highest BCUT2D eigenvalue weighted by molar-refractivity contribution is 7.07. The van der Waals surface area contributed by atoms with Gasteiger partial charge in [0.1, 0.15) is 11.4 Å². The van der Waals surface area contributed by atoms with Crippen molar-refractivity contribution < 1.29 is 9.53 Å². The molecule has 0 bridgehead atoms. The van der Waals surface area contributed by atoms with Gasteiger partial charge < -0.3 is 10.1 Å². The van der Waals surface area contributed by atoms with E-state index in [4.69, 9.17) is 4.74 Å². The zero-order valence-electron chi connectivity index (χ0n) is 10.1. The van der Waals surface area contributed by atoms with Crippen molar-refractivity contribution in [3.8, 4) is 5.75 Å². The first kappa shape index (κ1) is 12.6. The first-order chi connectivity index (χ1) is 8.79. The van der Waals surface area contributed by atoms with Gasteiger partial charge in [-0.1, -0.05) is 12.1 Å². The lowest BCUT2D eigenvalue weighted by atomic mass is 10.1. The van der Waals surface area contributed by atoms with Crippen LogP contribution in [0.3, 0.4) is 0 Å². The number of carbonyl (C=O) groups is 1. The van der Waals surface area contributed by atoms with Gasteiger partial charge in [0.2, 0.25) is 0 Å². The molecule has 1 amide bonds. The van der Waals surface area contributed by atoms with Crippen LogP contribution in [0, 0.1) is 0 Å². The topological polar surface area (TPSA) is 51.2 Å². The molecule has 18 heavy (non-hydrogen) atoms. The van der Waals surface area contributed by atoms with Gasteiger partial charge in [-0.3, -0.25) is 4.79 Å². The Morgan fingerprint density at radius 2 is 2.39 bits per heavy atom. The molecular weight excluding hydrogens is 248 g/mol. The number of hydrogen-bond donors (Lipinski definition) is 1. The van der Waals surface area contributed by atoms with E-state index in [2.05, 4.69) is 10.3 Å². The molecule has 2 aromatic rings. The number of methoxy groups -OCH3 is 1. The van der Waals surface area contributed by atoms with Crippen molar-refractivity contribution in [2.75, 3.05) is 13.7 Å². The lowest BCUT2D eigenvalue weighted by Crippen LogP contribution is -2.25. The minimum Gasteiger partial charge on any atom is -0.497 e. The third kappa shape index (κ3) is 3.30. The molecule has 0 saturated heterocycles. The van der Waals surface area contributed by atoms with Crippen molar-refractivity contribution >= 4 is 17.2 Å². The number of aromatic nitrogens is 1. The molecule has 2 rings (SSSR count). The lowest BCUT2D eigenvalue weighted by molar-refractivity contribution is 0.0950. The van der Waals surface area contributed by atoms with Crippen LogP contribution in [0.15, 0.2) is 35.2 Å². The van der Waals surface area contributed by atoms with Gasteiger partial charge in [0, 0.05) is 11.9 Å². The highest BCUT2D eigenvalue weighted by atomic mass is 32.1. The highest BCUT2D eigenvalue weighted by Gasteiger charge is 2.06. The van der Waals surface area contributed by atoms with Crippen molar-refractivity contribution in [3.05, 3.63) is 46.4 Å². The van der Waals surface area contributed by atoms with Crippen LogP contribution >= 0.6 is 11.3 Å². The average Bonchev–Trinajstić information content (AvgIpc) is 2.93. The van der Waals surface area contributed by atoms with Gasteiger partial charge in [-0.25, -0.2) is 4.98 Å². The van der Waals surface area contributed by atoms with Crippen LogP contribution in [0.2, 0.25) is 0 Å². The van der Waals surface area contributed by atoms with Crippen LogP contribution in [-0.2, 0) is 6.42 Å². The Kier molecular flexibility index (Phi) is 4.30. The summed E-state index contributed by atoms with van der Waals surface area (Å²) in [4.78, 5) is 15.6. The molecule has 0 radical (unpaired) electrons. The maximum absolute atomic E-state index is 11.6. The number of nitrogens with one attached hydrogen (secondary N) is 1. The first-order valence-corrected chi connectivity index (χ1v) is 6.53. The maximum Gasteiger partial charge on any atom is 0.270 e. The third-order valence-electron chi connectivity index (χ3n) is 2.50. The standard InChI is InChI=1S/C13H14N2O2S/c1-17-11-4-2-3-10(7-11)5-6-14-13(16)12-8-18-9-15-12/h2-4,7-9H,5-6H2,1H3,(H,14,16). The van der Waals surface area contributed by atoms with E-state index in [1.807, 2.05) is 24.3 Å². The van der Waals surface area contributed by atoms with Crippen LogP contribution < -0.4 is 10.1 Å². The Morgan fingerprint density at radius 3 is 3.11 bits per heavy atom. The van der Waals surface area contributed by atoms with E-state index in [1.54, 1.807) is 18.0 Å². The number of rotatable bonds is 5. The number of hydrogen-bond acceptors (Lipinski definition) is 4. The van der Waals surface area contributed by atoms with E-state index < -0.39 is 0 Å². The van der Waals surface area contributed by atoms with E-state index in [0.717, 1.165) is 17.7 Å². The van der Waals surface area contributed by atoms with Crippen molar-refractivity contribution in [1.82, 2.24) is 10.3 Å². The van der Waals surface area contributed by atoms with Crippen molar-refractivity contribution in [2.24, 2.45) is 0 Å². The molecule has 0 spiro atoms. The minimum absolute atomic E-state index is 0.126. The van der Waals surface area contributed by atoms with E-state index in [9.17, 15) is 4.79 Å². The maximum atomic E-state index is 11.6. The van der Waals surface area contributed by atoms with Crippen LogP contribution in [-0.4, -0.2) is 24.5 Å². The number of ether oxygens (including phenoxy) is 1. The summed E-state index contributed by atoms with van der Waals surface area (Å²) in [6.45, 7) is 0.587. The SMILES string of the molecule is COc1cccc(CCNC(=O)c2cscn2)c1. The average molecular weight is 262 g/mol.